The summed E-state index contributed by atoms with van der Waals surface area (Å²) < 4.78 is 106. The lowest BCUT2D eigenvalue weighted by molar-refractivity contribution is 0.134. The van der Waals surface area contributed by atoms with Crippen LogP contribution in [-0.4, -0.2) is 212 Å². The Morgan fingerprint density at radius 2 is 0.590 bits per heavy atom. The van der Waals surface area contributed by atoms with Crippen molar-refractivity contribution in [1.29, 1.82) is 0 Å². The number of fused-ring (bicyclic) bond motifs is 12. The fourth-order valence-corrected chi connectivity index (χ4v) is 15.6. The predicted molar refractivity (Wildman–Crippen MR) is 523 cm³/mol. The molecule has 20 rings (SSSR count). The fourth-order valence-electron chi connectivity index (χ4n) is 14.7. The van der Waals surface area contributed by atoms with Gasteiger partial charge in [0.1, 0.15) is 105 Å². The van der Waals surface area contributed by atoms with Gasteiger partial charge in [0, 0.05) is 144 Å². The van der Waals surface area contributed by atoms with Crippen molar-refractivity contribution in [2.24, 2.45) is 0 Å². The second-order valence-corrected chi connectivity index (χ2v) is 34.8. The van der Waals surface area contributed by atoms with Gasteiger partial charge in [-0.2, -0.15) is 0 Å². The summed E-state index contributed by atoms with van der Waals surface area (Å²) in [5.74, 6) is 10.5. The highest BCUT2D eigenvalue weighted by atomic mass is 35.5. The number of aromatic nitrogens is 4. The molecule has 4 aliphatic carbocycles. The number of aliphatic hydroxyl groups excluding tert-OH is 1. The first kappa shape index (κ1) is 96.9. The van der Waals surface area contributed by atoms with Gasteiger partial charge in [-0.15, -0.1) is 0 Å². The largest absolute Gasteiger partial charge is 0.489 e. The molecule has 0 unspecified atom stereocenters. The number of carbonyl (C=O) groups is 4. The average molecular weight is 1980 g/mol. The molecule has 730 valence electrons. The first-order valence-corrected chi connectivity index (χ1v) is 47.1. The van der Waals surface area contributed by atoms with Gasteiger partial charge < -0.3 is 138 Å². The number of hydrogen-bond donors (Lipinski definition) is 9. The van der Waals surface area contributed by atoms with Gasteiger partial charge in [-0.3, -0.25) is 19.9 Å². The Bertz CT molecular complexity index is 6270. The Labute approximate surface area is 818 Å². The number of anilines is 4. The smallest absolute Gasteiger partial charge is 0.319 e. The predicted octanol–water partition coefficient (Wildman–Crippen LogP) is 19.5. The zero-order chi connectivity index (χ0) is 96.3. The van der Waals surface area contributed by atoms with Gasteiger partial charge in [0.05, 0.1) is 113 Å². The van der Waals surface area contributed by atoms with Crippen molar-refractivity contribution < 1.29 is 110 Å². The molecule has 8 aliphatic rings. The molecule has 8 heterocycles. The molecule has 12 aromatic rings. The van der Waals surface area contributed by atoms with Crippen LogP contribution in [0.2, 0.25) is 20.1 Å². The molecule has 4 aromatic heterocycles. The molecule has 8 amide bonds. The Hall–Kier alpha value is -13.7. The van der Waals surface area contributed by atoms with Gasteiger partial charge in [-0.05, 0) is 145 Å². The summed E-state index contributed by atoms with van der Waals surface area (Å²) in [7, 11) is 7.33. The highest BCUT2D eigenvalue weighted by molar-refractivity contribution is 6.35. The van der Waals surface area contributed by atoms with Crippen LogP contribution in [0.25, 0.3) is 43.6 Å². The second-order valence-electron chi connectivity index (χ2n) is 33.2. The molecule has 0 atom stereocenters. The molecule has 36 nitrogen and oxygen atoms in total. The summed E-state index contributed by atoms with van der Waals surface area (Å²) in [5, 5.41) is 35.7. The summed E-state index contributed by atoms with van der Waals surface area (Å²) in [5.41, 5.74) is 4.56. The van der Waals surface area contributed by atoms with Gasteiger partial charge in [0.2, 0.25) is 23.0 Å². The number of carbonyl (C=O) groups excluding carboxylic acids is 4. The summed E-state index contributed by atoms with van der Waals surface area (Å²) in [6.45, 7) is 6.97. The molecule has 0 spiro atoms. The second kappa shape index (κ2) is 46.2. The van der Waals surface area contributed by atoms with E-state index in [2.05, 4.69) is 67.4 Å². The van der Waals surface area contributed by atoms with Crippen molar-refractivity contribution >= 4 is 137 Å². The Kier molecular flexibility index (Phi) is 32.2. The lowest BCUT2D eigenvalue weighted by atomic mass is 10.1. The fraction of sp³-hybridized carbons (Fsp3) is 0.354. The molecule has 9 N–H and O–H groups in total. The standard InChI is InChI=1S/C26H29ClN4O5.C25H26ClN3O6.2C24H24ClN3O6/c1-31(2)10-3-11-33-22-15-20-23(25-24(22)34-12-13-35-25)21(8-9-28-20)36-17-6-7-19(18(27)14-17)30-26(32)29-16-4-5-16;1-31-9-2-10-32-21-14-19-22(24-23(21)33-11-12-34-24)20(7-8-27-19)35-16-5-6-18(17(26)13-16)29-25(30)28-15-3-4-15;1-30-8-9-31-20-13-18-21(23-22(20)32-10-11-33-23)19(6-7-26-18)34-15-4-5-17(16(25)12-15)28-24(29)27-14-2-3-14;25-16-12-15(4-5-17(16)28-24(30)27-14-2-3-14)34-19-6-7-26-18-13-20(31-9-1-8-29)22-23(21(18)19)33-11-10-32-22/h6-9,14-16H,3-5,10-13H2,1-2H3,(H2,29,30,32);5-8,13-15H,2-4,9-12H2,1H3,(H2,28,29,30);4-7,12-14H,2-3,8-11H2,1H3,(H2,27,28,29);4-7,12-14,29H,1-3,8-11H2,(H2,27,28,30). The highest BCUT2D eigenvalue weighted by Gasteiger charge is 2.33. The molecule has 8 aromatic carbocycles. The molecule has 4 aliphatic heterocycles. The average Bonchev–Trinajstić information content (AvgIpc) is 1.58. The van der Waals surface area contributed by atoms with E-state index in [1.807, 2.05) is 26.2 Å². The molecule has 0 radical (unpaired) electrons. The van der Waals surface area contributed by atoms with Gasteiger partial charge in [0.15, 0.2) is 46.0 Å². The molecular formula is C99H103Cl4N13O23. The van der Waals surface area contributed by atoms with Crippen molar-refractivity contribution in [2.75, 3.05) is 155 Å². The van der Waals surface area contributed by atoms with Crippen molar-refractivity contribution in [3.63, 3.8) is 0 Å². The van der Waals surface area contributed by atoms with Gasteiger partial charge >= 0.3 is 24.1 Å². The third-order valence-corrected chi connectivity index (χ3v) is 23.2. The van der Waals surface area contributed by atoms with Crippen LogP contribution in [0.15, 0.2) is 146 Å². The Morgan fingerprint density at radius 1 is 0.331 bits per heavy atom. The van der Waals surface area contributed by atoms with E-state index in [1.165, 1.54) is 0 Å². The Morgan fingerprint density at radius 3 is 0.842 bits per heavy atom. The number of rotatable bonds is 34. The number of aliphatic hydroxyl groups is 1. The number of methoxy groups -OCH3 is 2. The summed E-state index contributed by atoms with van der Waals surface area (Å²) in [4.78, 5) is 68.2. The molecule has 4 fully saturated rings. The molecule has 4 saturated carbocycles. The number of hydrogen-bond acceptors (Lipinski definition) is 28. The molecular weight excluding hydrogens is 1880 g/mol. The number of benzene rings is 8. The molecule has 139 heavy (non-hydrogen) atoms. The van der Waals surface area contributed by atoms with E-state index < -0.39 is 0 Å². The van der Waals surface area contributed by atoms with Gasteiger partial charge in [-0.1, -0.05) is 46.4 Å². The first-order chi connectivity index (χ1) is 67.8. The molecule has 0 bridgehead atoms. The van der Waals surface area contributed by atoms with Crippen molar-refractivity contribution in [2.45, 2.75) is 94.8 Å². The van der Waals surface area contributed by atoms with Crippen molar-refractivity contribution in [3.8, 4) is 115 Å². The number of amides is 8. The van der Waals surface area contributed by atoms with E-state index >= 15 is 0 Å². The van der Waals surface area contributed by atoms with Gasteiger partial charge in [-0.25, -0.2) is 19.2 Å². The van der Waals surface area contributed by atoms with E-state index in [9.17, 15) is 19.2 Å². The summed E-state index contributed by atoms with van der Waals surface area (Å²) >= 11 is 25.6. The minimum absolute atomic E-state index is 0.0332. The lowest BCUT2D eigenvalue weighted by Gasteiger charge is -2.23. The van der Waals surface area contributed by atoms with Crippen LogP contribution in [-0.2, 0) is 9.47 Å². The molecule has 40 heteroatoms. The number of ether oxygens (including phenoxy) is 18. The van der Waals surface area contributed by atoms with E-state index in [0.717, 1.165) is 70.8 Å². The maximum atomic E-state index is 12.1. The third-order valence-electron chi connectivity index (χ3n) is 22.0. The highest BCUT2D eigenvalue weighted by Crippen LogP contribution is 2.54. The van der Waals surface area contributed by atoms with E-state index in [1.54, 1.807) is 148 Å². The zero-order valence-electron chi connectivity index (χ0n) is 76.4. The van der Waals surface area contributed by atoms with Crippen LogP contribution in [0.3, 0.4) is 0 Å². The van der Waals surface area contributed by atoms with Crippen LogP contribution >= 0.6 is 46.4 Å². The van der Waals surface area contributed by atoms with Crippen LogP contribution < -0.4 is 118 Å². The maximum absolute atomic E-state index is 12.1. The van der Waals surface area contributed by atoms with Crippen LogP contribution in [0.1, 0.15) is 70.6 Å². The number of urea groups is 4. The zero-order valence-corrected chi connectivity index (χ0v) is 79.5. The van der Waals surface area contributed by atoms with E-state index in [4.69, 9.17) is 137 Å². The SMILES string of the molecule is CN(C)CCCOc1cc2nccc(Oc3ccc(NC(=O)NC4CC4)c(Cl)c3)c2c2c1OCCO2.COCCCOc1cc2nccc(Oc3ccc(NC(=O)NC4CC4)c(Cl)c3)c2c2c1OCCO2.COCCOc1cc2nccc(Oc3ccc(NC(=O)NC4CC4)c(Cl)c3)c2c2c1OCCO2.O=C(Nc1ccc(Oc2ccnc3cc(OCCCO)c4c(c23)OCCO4)cc1Cl)NC1CC1. The summed E-state index contributed by atoms with van der Waals surface area (Å²) in [6, 6.07) is 34.5. The van der Waals surface area contributed by atoms with Crippen LogP contribution in [0, 0.1) is 0 Å². The number of pyridine rings is 4. The topological polar surface area (TPSA) is 406 Å². The number of halogens is 4. The number of nitrogens with zero attached hydrogens (tertiary/aromatic N) is 5. The monoisotopic (exact) mass is 1980 g/mol. The van der Waals surface area contributed by atoms with Gasteiger partial charge in [0.25, 0.3) is 0 Å². The minimum atomic E-state index is -0.279. The van der Waals surface area contributed by atoms with Crippen molar-refractivity contribution in [3.05, 3.63) is 166 Å². The third kappa shape index (κ3) is 25.6. The minimum Gasteiger partial charge on any atom is -0.489 e. The van der Waals surface area contributed by atoms with E-state index in [-0.39, 0.29) is 54.9 Å². The van der Waals surface area contributed by atoms with E-state index in [0.29, 0.717) is 300 Å². The molecule has 0 saturated heterocycles. The normalized spacial score (nSPS) is 14.5. The lowest BCUT2D eigenvalue weighted by Crippen LogP contribution is -2.30. The quantitative estimate of drug-likeness (QED) is 0.0169. The van der Waals surface area contributed by atoms with Crippen molar-refractivity contribution in [1.82, 2.24) is 46.1 Å². The Balaban J connectivity index is 0.000000128. The summed E-state index contributed by atoms with van der Waals surface area (Å²) in [6.07, 6.45) is 16.8. The number of nitrogens with one attached hydrogen (secondary N) is 8. The van der Waals surface area contributed by atoms with Crippen LogP contribution in [0.4, 0.5) is 41.9 Å². The maximum Gasteiger partial charge on any atom is 0.319 e. The first-order valence-electron chi connectivity index (χ1n) is 45.6. The van der Waals surface area contributed by atoms with Crippen LogP contribution in [0.5, 0.6) is 115 Å².